The summed E-state index contributed by atoms with van der Waals surface area (Å²) in [5, 5.41) is 2.99. The summed E-state index contributed by atoms with van der Waals surface area (Å²) in [6.45, 7) is 3.74. The van der Waals surface area contributed by atoms with Crippen molar-refractivity contribution in [3.8, 4) is 0 Å². The molecule has 1 fully saturated rings. The molecule has 1 aromatic carbocycles. The van der Waals surface area contributed by atoms with Crippen molar-refractivity contribution in [2.75, 3.05) is 13.2 Å². The van der Waals surface area contributed by atoms with Crippen LogP contribution in [0, 0.1) is 0 Å². The molecule has 1 aromatic rings. The Morgan fingerprint density at radius 2 is 2.21 bits per heavy atom. The second kappa shape index (κ2) is 7.29. The van der Waals surface area contributed by atoms with Crippen molar-refractivity contribution in [3.05, 3.63) is 35.9 Å². The number of nitrogens with one attached hydrogen (secondary N) is 1. The third-order valence-corrected chi connectivity index (χ3v) is 3.71. The van der Waals surface area contributed by atoms with Crippen LogP contribution in [0.2, 0.25) is 0 Å². The van der Waals surface area contributed by atoms with E-state index in [1.54, 1.807) is 0 Å². The lowest BCUT2D eigenvalue weighted by molar-refractivity contribution is -0.123. The van der Waals surface area contributed by atoms with Crippen LogP contribution in [0.1, 0.15) is 44.1 Å². The Bertz CT molecular complexity index is 385. The Labute approximate surface area is 115 Å². The van der Waals surface area contributed by atoms with Crippen molar-refractivity contribution in [2.45, 2.75) is 44.6 Å². The van der Waals surface area contributed by atoms with Crippen LogP contribution in [-0.4, -0.2) is 25.2 Å². The zero-order chi connectivity index (χ0) is 13.5. The van der Waals surface area contributed by atoms with E-state index in [4.69, 9.17) is 4.74 Å². The van der Waals surface area contributed by atoms with Gasteiger partial charge < -0.3 is 10.1 Å². The summed E-state index contributed by atoms with van der Waals surface area (Å²) in [5.74, 6) is 0.594. The second-order valence-corrected chi connectivity index (χ2v) is 5.29. The molecule has 3 nitrogen and oxygen atoms in total. The summed E-state index contributed by atoms with van der Waals surface area (Å²) in [5.41, 5.74) is 1.33. The van der Waals surface area contributed by atoms with Crippen molar-refractivity contribution in [2.24, 2.45) is 0 Å². The van der Waals surface area contributed by atoms with Crippen molar-refractivity contribution in [1.29, 1.82) is 0 Å². The molecule has 1 aliphatic heterocycles. The van der Waals surface area contributed by atoms with Crippen LogP contribution < -0.4 is 5.32 Å². The Hall–Kier alpha value is -1.35. The summed E-state index contributed by atoms with van der Waals surface area (Å²) in [6.07, 6.45) is 3.74. The fraction of sp³-hybridized carbons (Fsp3) is 0.562. The first kappa shape index (κ1) is 14.1. The van der Waals surface area contributed by atoms with E-state index in [0.29, 0.717) is 12.3 Å². The summed E-state index contributed by atoms with van der Waals surface area (Å²) in [7, 11) is 0. The van der Waals surface area contributed by atoms with Gasteiger partial charge in [0.15, 0.2) is 0 Å². The molecule has 0 aromatic heterocycles. The van der Waals surface area contributed by atoms with Crippen molar-refractivity contribution >= 4 is 5.91 Å². The smallest absolute Gasteiger partial charge is 0.222 e. The highest BCUT2D eigenvalue weighted by atomic mass is 16.5. The maximum Gasteiger partial charge on any atom is 0.222 e. The quantitative estimate of drug-likeness (QED) is 0.855. The van der Waals surface area contributed by atoms with Crippen LogP contribution in [0.4, 0.5) is 0 Å². The molecule has 0 unspecified atom stereocenters. The average Bonchev–Trinajstić information content (AvgIpc) is 2.92. The van der Waals surface area contributed by atoms with Gasteiger partial charge in [-0.1, -0.05) is 37.3 Å². The maximum atomic E-state index is 11.7. The molecule has 2 atom stereocenters. The molecule has 1 amide bonds. The lowest BCUT2D eigenvalue weighted by Gasteiger charge is -2.13. The van der Waals surface area contributed by atoms with Gasteiger partial charge in [0.25, 0.3) is 0 Å². The van der Waals surface area contributed by atoms with Gasteiger partial charge in [0, 0.05) is 13.2 Å². The van der Waals surface area contributed by atoms with E-state index in [9.17, 15) is 4.79 Å². The predicted molar refractivity (Wildman–Crippen MR) is 76.1 cm³/mol. The van der Waals surface area contributed by atoms with Crippen molar-refractivity contribution < 1.29 is 9.53 Å². The van der Waals surface area contributed by atoms with Gasteiger partial charge in [0.1, 0.15) is 0 Å². The number of hydrogen-bond acceptors (Lipinski definition) is 2. The Morgan fingerprint density at radius 1 is 1.42 bits per heavy atom. The van der Waals surface area contributed by atoms with Gasteiger partial charge in [-0.25, -0.2) is 0 Å². The lowest BCUT2D eigenvalue weighted by atomic mass is 9.98. The molecule has 19 heavy (non-hydrogen) atoms. The molecule has 104 valence electrons. The van der Waals surface area contributed by atoms with E-state index < -0.39 is 0 Å². The van der Waals surface area contributed by atoms with Gasteiger partial charge in [-0.2, -0.15) is 0 Å². The summed E-state index contributed by atoms with van der Waals surface area (Å²) in [6, 6.07) is 10.4. The molecule has 0 saturated carbocycles. The highest BCUT2D eigenvalue weighted by Gasteiger charge is 2.18. The minimum Gasteiger partial charge on any atom is -0.378 e. The first-order valence-electron chi connectivity index (χ1n) is 7.19. The van der Waals surface area contributed by atoms with E-state index in [0.717, 1.165) is 32.4 Å². The zero-order valence-corrected chi connectivity index (χ0v) is 11.6. The normalized spacial score (nSPS) is 20.2. The van der Waals surface area contributed by atoms with Crippen LogP contribution in [-0.2, 0) is 9.53 Å². The number of amides is 1. The molecule has 2 rings (SSSR count). The monoisotopic (exact) mass is 261 g/mol. The molecule has 0 aliphatic carbocycles. The van der Waals surface area contributed by atoms with Crippen LogP contribution in [0.5, 0.6) is 0 Å². The fourth-order valence-electron chi connectivity index (χ4n) is 2.46. The van der Waals surface area contributed by atoms with E-state index >= 15 is 0 Å². The standard InChI is InChI=1S/C16H23NO2/c1-13(14-6-3-2-4-7-14)9-10-17-16(18)12-15-8-5-11-19-15/h2-4,6-7,13,15H,5,8-12H2,1H3,(H,17,18)/t13-,15-/m1/s1. The number of carbonyl (C=O) groups excluding carboxylic acids is 1. The Morgan fingerprint density at radius 3 is 2.89 bits per heavy atom. The third kappa shape index (κ3) is 4.67. The molecule has 1 saturated heterocycles. The second-order valence-electron chi connectivity index (χ2n) is 5.29. The van der Waals surface area contributed by atoms with Gasteiger partial charge >= 0.3 is 0 Å². The molecule has 0 bridgehead atoms. The van der Waals surface area contributed by atoms with Crippen LogP contribution in [0.3, 0.4) is 0 Å². The van der Waals surface area contributed by atoms with Gasteiger partial charge in [-0.15, -0.1) is 0 Å². The van der Waals surface area contributed by atoms with Gasteiger partial charge in [-0.3, -0.25) is 4.79 Å². The number of benzene rings is 1. The molecular formula is C16H23NO2. The lowest BCUT2D eigenvalue weighted by Crippen LogP contribution is -2.28. The average molecular weight is 261 g/mol. The van der Waals surface area contributed by atoms with Crippen molar-refractivity contribution in [1.82, 2.24) is 5.32 Å². The Kier molecular flexibility index (Phi) is 5.40. The highest BCUT2D eigenvalue weighted by Crippen LogP contribution is 2.18. The minimum absolute atomic E-state index is 0.118. The zero-order valence-electron chi connectivity index (χ0n) is 11.6. The third-order valence-electron chi connectivity index (χ3n) is 3.71. The van der Waals surface area contributed by atoms with E-state index in [1.807, 2.05) is 6.07 Å². The fourth-order valence-corrected chi connectivity index (χ4v) is 2.46. The van der Waals surface area contributed by atoms with Gasteiger partial charge in [-0.05, 0) is 30.7 Å². The summed E-state index contributed by atoms with van der Waals surface area (Å²) in [4.78, 5) is 11.7. The molecular weight excluding hydrogens is 238 g/mol. The minimum atomic E-state index is 0.118. The van der Waals surface area contributed by atoms with E-state index in [1.165, 1.54) is 5.56 Å². The molecule has 1 N–H and O–H groups in total. The van der Waals surface area contributed by atoms with Gasteiger partial charge in [0.05, 0.1) is 12.5 Å². The first-order valence-corrected chi connectivity index (χ1v) is 7.19. The number of rotatable bonds is 6. The Balaban J connectivity index is 1.64. The first-order chi connectivity index (χ1) is 9.25. The summed E-state index contributed by atoms with van der Waals surface area (Å²) < 4.78 is 5.46. The SMILES string of the molecule is C[C@H](CCNC(=O)C[C@H]1CCCO1)c1ccccc1. The topological polar surface area (TPSA) is 38.3 Å². The summed E-state index contributed by atoms with van der Waals surface area (Å²) >= 11 is 0. The van der Waals surface area contributed by atoms with Crippen LogP contribution >= 0.6 is 0 Å². The van der Waals surface area contributed by atoms with Gasteiger partial charge in [0.2, 0.25) is 5.91 Å². The van der Waals surface area contributed by atoms with Crippen molar-refractivity contribution in [3.63, 3.8) is 0 Å². The van der Waals surface area contributed by atoms with Crippen LogP contribution in [0.15, 0.2) is 30.3 Å². The predicted octanol–water partition coefficient (Wildman–Crippen LogP) is 2.87. The molecule has 1 heterocycles. The number of hydrogen-bond donors (Lipinski definition) is 1. The molecule has 0 spiro atoms. The molecule has 3 heteroatoms. The van der Waals surface area contributed by atoms with Crippen LogP contribution in [0.25, 0.3) is 0 Å². The largest absolute Gasteiger partial charge is 0.378 e. The maximum absolute atomic E-state index is 11.7. The highest BCUT2D eigenvalue weighted by molar-refractivity contribution is 5.76. The number of carbonyl (C=O) groups is 1. The van der Waals surface area contributed by atoms with E-state index in [2.05, 4.69) is 36.5 Å². The number of ether oxygens (including phenoxy) is 1. The molecule has 0 radical (unpaired) electrons. The van der Waals surface area contributed by atoms with E-state index in [-0.39, 0.29) is 12.0 Å². The molecule has 1 aliphatic rings.